The van der Waals surface area contributed by atoms with Gasteiger partial charge in [-0.25, -0.2) is 0 Å². The molecule has 0 saturated carbocycles. The summed E-state index contributed by atoms with van der Waals surface area (Å²) in [6, 6.07) is 4.60. The van der Waals surface area contributed by atoms with Crippen LogP contribution in [0.1, 0.15) is 23.8 Å². The predicted molar refractivity (Wildman–Crippen MR) is 55.9 cm³/mol. The third-order valence-electron chi connectivity index (χ3n) is 2.14. The average Bonchev–Trinajstić information content (AvgIpc) is 2.70. The number of rotatable bonds is 3. The first kappa shape index (κ1) is 8.72. The number of hydrazone groups is 1. The van der Waals surface area contributed by atoms with Crippen molar-refractivity contribution in [1.82, 2.24) is 5.43 Å². The minimum absolute atomic E-state index is 0.390. The van der Waals surface area contributed by atoms with Crippen molar-refractivity contribution in [2.75, 3.05) is 6.54 Å². The van der Waals surface area contributed by atoms with Gasteiger partial charge in [-0.05, 0) is 24.4 Å². The maximum absolute atomic E-state index is 5.47. The van der Waals surface area contributed by atoms with Crippen molar-refractivity contribution in [3.8, 4) is 0 Å². The van der Waals surface area contributed by atoms with Gasteiger partial charge >= 0.3 is 0 Å². The Hall–Kier alpha value is -0.870. The number of nitrogens with two attached hydrogens (primary N) is 1. The Morgan fingerprint density at radius 1 is 1.69 bits per heavy atom. The maximum Gasteiger partial charge on any atom is 0.0834 e. The van der Waals surface area contributed by atoms with Gasteiger partial charge in [0, 0.05) is 17.0 Å². The van der Waals surface area contributed by atoms with E-state index in [1.807, 2.05) is 0 Å². The second-order valence-corrected chi connectivity index (χ2v) is 4.10. The van der Waals surface area contributed by atoms with Gasteiger partial charge < -0.3 is 11.2 Å². The fourth-order valence-electron chi connectivity index (χ4n) is 1.47. The Kier molecular flexibility index (Phi) is 2.61. The van der Waals surface area contributed by atoms with Gasteiger partial charge in [0.25, 0.3) is 0 Å². The van der Waals surface area contributed by atoms with Gasteiger partial charge in [0.15, 0.2) is 0 Å². The summed E-state index contributed by atoms with van der Waals surface area (Å²) in [5.74, 6) is 0. The molecule has 3 N–H and O–H groups in total. The van der Waals surface area contributed by atoms with Crippen LogP contribution < -0.4 is 11.2 Å². The van der Waals surface area contributed by atoms with Crippen LogP contribution in [0.15, 0.2) is 22.6 Å². The van der Waals surface area contributed by atoms with E-state index in [0.29, 0.717) is 12.6 Å². The summed E-state index contributed by atoms with van der Waals surface area (Å²) in [4.78, 5) is 1.36. The van der Waals surface area contributed by atoms with Crippen LogP contribution in [-0.2, 0) is 0 Å². The first-order valence-electron chi connectivity index (χ1n) is 4.44. The molecule has 0 aromatic carbocycles. The van der Waals surface area contributed by atoms with Crippen molar-refractivity contribution in [3.63, 3.8) is 0 Å². The van der Waals surface area contributed by atoms with Crippen molar-refractivity contribution < 1.29 is 0 Å². The van der Waals surface area contributed by atoms with E-state index in [9.17, 15) is 0 Å². The summed E-state index contributed by atoms with van der Waals surface area (Å²) >= 11 is 1.77. The minimum Gasteiger partial charge on any atom is -0.330 e. The molecule has 70 valence electrons. The van der Waals surface area contributed by atoms with Gasteiger partial charge in [0.1, 0.15) is 0 Å². The predicted octanol–water partition coefficient (Wildman–Crippen LogP) is 1.49. The highest BCUT2D eigenvalue weighted by atomic mass is 32.1. The van der Waals surface area contributed by atoms with Crippen LogP contribution >= 0.6 is 11.3 Å². The van der Waals surface area contributed by atoms with E-state index in [-0.39, 0.29) is 0 Å². The number of hydrogen-bond acceptors (Lipinski definition) is 4. The summed E-state index contributed by atoms with van der Waals surface area (Å²) in [6.07, 6.45) is 1.92. The van der Waals surface area contributed by atoms with Crippen LogP contribution in [0.5, 0.6) is 0 Å². The molecule has 3 nitrogen and oxygen atoms in total. The van der Waals surface area contributed by atoms with Crippen molar-refractivity contribution in [3.05, 3.63) is 22.4 Å². The average molecular weight is 195 g/mol. The van der Waals surface area contributed by atoms with Gasteiger partial charge in [0.2, 0.25) is 0 Å². The highest BCUT2D eigenvalue weighted by Crippen LogP contribution is 2.25. The van der Waals surface area contributed by atoms with Crippen molar-refractivity contribution in [1.29, 1.82) is 0 Å². The number of nitrogens with zero attached hydrogens (tertiary/aromatic N) is 1. The zero-order valence-corrected chi connectivity index (χ0v) is 8.18. The lowest BCUT2D eigenvalue weighted by Gasteiger charge is -2.05. The number of thiophene rings is 1. The van der Waals surface area contributed by atoms with Crippen LogP contribution in [0.2, 0.25) is 0 Å². The highest BCUT2D eigenvalue weighted by molar-refractivity contribution is 7.10. The Morgan fingerprint density at radius 2 is 2.62 bits per heavy atom. The zero-order valence-electron chi connectivity index (χ0n) is 7.36. The topological polar surface area (TPSA) is 50.4 Å². The lowest BCUT2D eigenvalue weighted by molar-refractivity contribution is 0.630. The molecule has 0 fully saturated rings. The van der Waals surface area contributed by atoms with Crippen LogP contribution in [0.25, 0.3) is 0 Å². The Labute approximate surface area is 81.6 Å². The van der Waals surface area contributed by atoms with Gasteiger partial charge in [-0.15, -0.1) is 11.3 Å². The van der Waals surface area contributed by atoms with E-state index in [1.165, 1.54) is 10.6 Å². The molecule has 4 heteroatoms. The lowest BCUT2D eigenvalue weighted by Crippen LogP contribution is -2.09. The standard InChI is InChI=1S/C9H13N3S/c10-4-3-7-6-8(12-11-7)9-2-1-5-13-9/h1-2,5,8,12H,3-4,6,10H2. The Morgan fingerprint density at radius 3 is 3.31 bits per heavy atom. The molecule has 1 unspecified atom stereocenters. The monoisotopic (exact) mass is 195 g/mol. The molecule has 1 aromatic rings. The largest absolute Gasteiger partial charge is 0.330 e. The second kappa shape index (κ2) is 3.89. The molecule has 13 heavy (non-hydrogen) atoms. The van der Waals surface area contributed by atoms with E-state index in [0.717, 1.165) is 12.8 Å². The van der Waals surface area contributed by atoms with Crippen LogP contribution in [0, 0.1) is 0 Å². The summed E-state index contributed by atoms with van der Waals surface area (Å²) in [5, 5.41) is 6.35. The molecule has 1 aliphatic rings. The van der Waals surface area contributed by atoms with E-state index in [2.05, 4.69) is 28.0 Å². The second-order valence-electron chi connectivity index (χ2n) is 3.12. The van der Waals surface area contributed by atoms with Crippen molar-refractivity contribution in [2.24, 2.45) is 10.8 Å². The molecule has 1 aliphatic heterocycles. The van der Waals surface area contributed by atoms with Crippen LogP contribution in [0.3, 0.4) is 0 Å². The molecule has 0 aliphatic carbocycles. The van der Waals surface area contributed by atoms with E-state index in [4.69, 9.17) is 5.73 Å². The quantitative estimate of drug-likeness (QED) is 0.767. The van der Waals surface area contributed by atoms with Gasteiger partial charge in [0.05, 0.1) is 6.04 Å². The third-order valence-corrected chi connectivity index (χ3v) is 3.12. The fraction of sp³-hybridized carbons (Fsp3) is 0.444. The maximum atomic E-state index is 5.47. The highest BCUT2D eigenvalue weighted by Gasteiger charge is 2.19. The third kappa shape index (κ3) is 1.89. The summed E-state index contributed by atoms with van der Waals surface area (Å²) in [5.41, 5.74) is 9.80. The van der Waals surface area contributed by atoms with Crippen molar-refractivity contribution in [2.45, 2.75) is 18.9 Å². The summed E-state index contributed by atoms with van der Waals surface area (Å²) < 4.78 is 0. The first-order chi connectivity index (χ1) is 6.40. The van der Waals surface area contributed by atoms with E-state index < -0.39 is 0 Å². The molecule has 0 spiro atoms. The Bertz CT molecular complexity index is 292. The smallest absolute Gasteiger partial charge is 0.0834 e. The van der Waals surface area contributed by atoms with Crippen LogP contribution in [-0.4, -0.2) is 12.3 Å². The molecule has 0 bridgehead atoms. The normalized spacial score (nSPS) is 21.3. The minimum atomic E-state index is 0.390. The summed E-state index contributed by atoms with van der Waals surface area (Å²) in [6.45, 7) is 0.692. The van der Waals surface area contributed by atoms with E-state index in [1.54, 1.807) is 11.3 Å². The molecule has 1 aromatic heterocycles. The number of hydrogen-bond donors (Lipinski definition) is 2. The lowest BCUT2D eigenvalue weighted by atomic mass is 10.1. The molecule has 1 atom stereocenters. The van der Waals surface area contributed by atoms with Gasteiger partial charge in [-0.1, -0.05) is 6.07 Å². The summed E-state index contributed by atoms with van der Waals surface area (Å²) in [7, 11) is 0. The molecule has 2 heterocycles. The molecule has 0 amide bonds. The van der Waals surface area contributed by atoms with Crippen molar-refractivity contribution >= 4 is 17.0 Å². The first-order valence-corrected chi connectivity index (χ1v) is 5.32. The number of nitrogens with one attached hydrogen (secondary N) is 1. The zero-order chi connectivity index (χ0) is 9.10. The molecular formula is C9H13N3S. The van der Waals surface area contributed by atoms with Gasteiger partial charge in [-0.3, -0.25) is 0 Å². The Balaban J connectivity index is 1.95. The molecule has 0 saturated heterocycles. The molecule has 2 rings (SSSR count). The van der Waals surface area contributed by atoms with Crippen LogP contribution in [0.4, 0.5) is 0 Å². The van der Waals surface area contributed by atoms with Gasteiger partial charge in [-0.2, -0.15) is 5.10 Å². The molecule has 0 radical (unpaired) electrons. The van der Waals surface area contributed by atoms with E-state index >= 15 is 0 Å². The SMILES string of the molecule is NCCC1=NNC(c2cccs2)C1. The molecular weight excluding hydrogens is 182 g/mol. The fourth-order valence-corrected chi connectivity index (χ4v) is 2.25.